The van der Waals surface area contributed by atoms with E-state index in [1.165, 1.54) is 0 Å². The van der Waals surface area contributed by atoms with Gasteiger partial charge in [0, 0.05) is 23.3 Å². The van der Waals surface area contributed by atoms with Gasteiger partial charge >= 0.3 is 0 Å². The highest BCUT2D eigenvalue weighted by molar-refractivity contribution is 5.89. The van der Waals surface area contributed by atoms with E-state index in [9.17, 15) is 0 Å². The maximum atomic E-state index is 4.40. The van der Waals surface area contributed by atoms with Gasteiger partial charge < -0.3 is 4.98 Å². The van der Waals surface area contributed by atoms with Gasteiger partial charge in [0.05, 0.1) is 17.9 Å². The predicted molar refractivity (Wildman–Crippen MR) is 74.6 cm³/mol. The lowest BCUT2D eigenvalue weighted by Gasteiger charge is -2.08. The molecule has 0 radical (unpaired) electrons. The molecule has 0 aliphatic heterocycles. The van der Waals surface area contributed by atoms with Gasteiger partial charge in [0.25, 0.3) is 0 Å². The molecular formula is C14H15N5. The number of rotatable bonds is 4. The standard InChI is InChI=1S/C14H15N5/c1-3-4-10(2)19-8-11(7-18-19)13-12-5-6-15-14(12)17-9-16-13/h3,5-10H,1,4H2,2H3,(H,15,16,17). The topological polar surface area (TPSA) is 59.4 Å². The summed E-state index contributed by atoms with van der Waals surface area (Å²) in [7, 11) is 0. The van der Waals surface area contributed by atoms with E-state index in [0.717, 1.165) is 28.7 Å². The van der Waals surface area contributed by atoms with Crippen molar-refractivity contribution < 1.29 is 0 Å². The van der Waals surface area contributed by atoms with Gasteiger partial charge in [-0.1, -0.05) is 6.08 Å². The van der Waals surface area contributed by atoms with E-state index < -0.39 is 0 Å². The molecule has 0 bridgehead atoms. The number of nitrogens with zero attached hydrogens (tertiary/aromatic N) is 4. The first kappa shape index (κ1) is 11.6. The number of fused-ring (bicyclic) bond motifs is 1. The monoisotopic (exact) mass is 253 g/mol. The van der Waals surface area contributed by atoms with Gasteiger partial charge in [0.15, 0.2) is 0 Å². The average Bonchev–Trinajstić information content (AvgIpc) is 3.07. The van der Waals surface area contributed by atoms with Gasteiger partial charge in [-0.3, -0.25) is 4.68 Å². The summed E-state index contributed by atoms with van der Waals surface area (Å²) in [6, 6.07) is 2.28. The SMILES string of the molecule is C=CCC(C)n1cc(-c2ncnc3[nH]ccc23)cn1. The van der Waals surface area contributed by atoms with Crippen molar-refractivity contribution in [3.63, 3.8) is 0 Å². The number of aromatic amines is 1. The third-order valence-electron chi connectivity index (χ3n) is 3.19. The summed E-state index contributed by atoms with van der Waals surface area (Å²) >= 11 is 0. The van der Waals surface area contributed by atoms with Crippen LogP contribution in [0.3, 0.4) is 0 Å². The van der Waals surface area contributed by atoms with Crippen molar-refractivity contribution in [3.8, 4) is 11.3 Å². The number of aromatic nitrogens is 5. The molecule has 3 rings (SSSR count). The van der Waals surface area contributed by atoms with Crippen molar-refractivity contribution >= 4 is 11.0 Å². The Morgan fingerprint density at radius 3 is 3.21 bits per heavy atom. The fourth-order valence-electron chi connectivity index (χ4n) is 2.15. The third-order valence-corrected chi connectivity index (χ3v) is 3.19. The molecule has 0 fully saturated rings. The molecule has 5 nitrogen and oxygen atoms in total. The first-order valence-electron chi connectivity index (χ1n) is 6.23. The number of hydrogen-bond acceptors (Lipinski definition) is 3. The van der Waals surface area contributed by atoms with Gasteiger partial charge in [-0.2, -0.15) is 5.10 Å². The summed E-state index contributed by atoms with van der Waals surface area (Å²) in [6.07, 6.45) is 10.1. The Morgan fingerprint density at radius 1 is 1.47 bits per heavy atom. The first-order chi connectivity index (χ1) is 9.29. The predicted octanol–water partition coefficient (Wildman–Crippen LogP) is 2.96. The summed E-state index contributed by atoms with van der Waals surface area (Å²) in [5.74, 6) is 0. The second kappa shape index (κ2) is 4.68. The van der Waals surface area contributed by atoms with Gasteiger partial charge in [-0.25, -0.2) is 9.97 Å². The smallest absolute Gasteiger partial charge is 0.141 e. The number of H-pyrrole nitrogens is 1. The lowest BCUT2D eigenvalue weighted by atomic mass is 10.2. The van der Waals surface area contributed by atoms with E-state index in [1.807, 2.05) is 35.4 Å². The summed E-state index contributed by atoms with van der Waals surface area (Å²) in [5, 5.41) is 5.41. The summed E-state index contributed by atoms with van der Waals surface area (Å²) in [6.45, 7) is 5.87. The molecule has 1 N–H and O–H groups in total. The van der Waals surface area contributed by atoms with Crippen LogP contribution in [-0.2, 0) is 0 Å². The van der Waals surface area contributed by atoms with Crippen LogP contribution in [0.4, 0.5) is 0 Å². The van der Waals surface area contributed by atoms with E-state index in [0.29, 0.717) is 6.04 Å². The Bertz CT molecular complexity index is 709. The largest absolute Gasteiger partial charge is 0.346 e. The molecule has 0 spiro atoms. The van der Waals surface area contributed by atoms with Gasteiger partial charge in [0.2, 0.25) is 0 Å². The minimum absolute atomic E-state index is 0.301. The normalized spacial score (nSPS) is 12.7. The van der Waals surface area contributed by atoms with Crippen molar-refractivity contribution in [2.24, 2.45) is 0 Å². The van der Waals surface area contributed by atoms with Crippen LogP contribution in [0.5, 0.6) is 0 Å². The van der Waals surface area contributed by atoms with Crippen molar-refractivity contribution in [1.29, 1.82) is 0 Å². The van der Waals surface area contributed by atoms with Crippen molar-refractivity contribution in [2.45, 2.75) is 19.4 Å². The lowest BCUT2D eigenvalue weighted by molar-refractivity contribution is 0.497. The third kappa shape index (κ3) is 2.03. The van der Waals surface area contributed by atoms with Crippen LogP contribution in [0, 0.1) is 0 Å². The molecule has 1 atom stereocenters. The average molecular weight is 253 g/mol. The molecule has 3 aromatic rings. The Morgan fingerprint density at radius 2 is 2.37 bits per heavy atom. The molecule has 3 heterocycles. The molecule has 0 saturated carbocycles. The first-order valence-corrected chi connectivity index (χ1v) is 6.23. The van der Waals surface area contributed by atoms with Crippen LogP contribution >= 0.6 is 0 Å². The molecule has 0 aliphatic carbocycles. The maximum Gasteiger partial charge on any atom is 0.141 e. The maximum absolute atomic E-state index is 4.40. The second-order valence-electron chi connectivity index (χ2n) is 4.54. The fourth-order valence-corrected chi connectivity index (χ4v) is 2.15. The van der Waals surface area contributed by atoms with E-state index in [1.54, 1.807) is 6.33 Å². The van der Waals surface area contributed by atoms with Gasteiger partial charge in [0.1, 0.15) is 12.0 Å². The molecule has 0 amide bonds. The second-order valence-corrected chi connectivity index (χ2v) is 4.54. The van der Waals surface area contributed by atoms with Crippen molar-refractivity contribution in [3.05, 3.63) is 43.6 Å². The quantitative estimate of drug-likeness (QED) is 0.727. The highest BCUT2D eigenvalue weighted by Gasteiger charge is 2.11. The molecule has 0 aromatic carbocycles. The van der Waals surface area contributed by atoms with Gasteiger partial charge in [-0.15, -0.1) is 6.58 Å². The minimum atomic E-state index is 0.301. The van der Waals surface area contributed by atoms with Crippen LogP contribution in [0.2, 0.25) is 0 Å². The van der Waals surface area contributed by atoms with Crippen LogP contribution in [0.15, 0.2) is 43.6 Å². The van der Waals surface area contributed by atoms with E-state index in [4.69, 9.17) is 0 Å². The molecule has 19 heavy (non-hydrogen) atoms. The Labute approximate surface area is 111 Å². The fraction of sp³-hybridized carbons (Fsp3) is 0.214. The van der Waals surface area contributed by atoms with Gasteiger partial charge in [-0.05, 0) is 19.4 Å². The van der Waals surface area contributed by atoms with Crippen LogP contribution < -0.4 is 0 Å². The van der Waals surface area contributed by atoms with E-state index in [-0.39, 0.29) is 0 Å². The zero-order valence-electron chi connectivity index (χ0n) is 10.7. The summed E-state index contributed by atoms with van der Waals surface area (Å²) in [4.78, 5) is 11.6. The highest BCUT2D eigenvalue weighted by Crippen LogP contribution is 2.25. The molecular weight excluding hydrogens is 238 g/mol. The minimum Gasteiger partial charge on any atom is -0.346 e. The Kier molecular flexibility index (Phi) is 2.87. The highest BCUT2D eigenvalue weighted by atomic mass is 15.3. The molecule has 1 unspecified atom stereocenters. The van der Waals surface area contributed by atoms with Crippen LogP contribution in [-0.4, -0.2) is 24.7 Å². The molecule has 3 aromatic heterocycles. The van der Waals surface area contributed by atoms with E-state index in [2.05, 4.69) is 33.6 Å². The number of nitrogens with one attached hydrogen (secondary N) is 1. The Balaban J connectivity index is 2.03. The van der Waals surface area contributed by atoms with Crippen LogP contribution in [0.1, 0.15) is 19.4 Å². The zero-order valence-corrected chi connectivity index (χ0v) is 10.7. The molecule has 96 valence electrons. The zero-order chi connectivity index (χ0) is 13.2. The summed E-state index contributed by atoms with van der Waals surface area (Å²) in [5.41, 5.74) is 2.75. The number of allylic oxidation sites excluding steroid dienone is 1. The molecule has 0 saturated heterocycles. The van der Waals surface area contributed by atoms with Crippen LogP contribution in [0.25, 0.3) is 22.3 Å². The molecule has 0 aliphatic rings. The van der Waals surface area contributed by atoms with Crippen molar-refractivity contribution in [2.75, 3.05) is 0 Å². The Hall–Kier alpha value is -2.43. The molecule has 5 heteroatoms. The van der Waals surface area contributed by atoms with E-state index >= 15 is 0 Å². The van der Waals surface area contributed by atoms with Crippen molar-refractivity contribution in [1.82, 2.24) is 24.7 Å². The number of hydrogen-bond donors (Lipinski definition) is 1. The lowest BCUT2D eigenvalue weighted by Crippen LogP contribution is -2.03. The summed E-state index contributed by atoms with van der Waals surface area (Å²) < 4.78 is 1.94.